The first kappa shape index (κ1) is 20.7. The van der Waals surface area contributed by atoms with Crippen molar-refractivity contribution in [3.05, 3.63) is 29.3 Å². The van der Waals surface area contributed by atoms with Crippen LogP contribution in [0.2, 0.25) is 5.02 Å². The molecule has 0 radical (unpaired) electrons. The molecule has 1 aliphatic heterocycles. The van der Waals surface area contributed by atoms with Gasteiger partial charge in [0.05, 0.1) is 6.10 Å². The van der Waals surface area contributed by atoms with Crippen LogP contribution in [0.4, 0.5) is 0 Å². The second-order valence-corrected chi connectivity index (χ2v) is 11.8. The van der Waals surface area contributed by atoms with E-state index in [4.69, 9.17) is 16.3 Å². The van der Waals surface area contributed by atoms with Crippen molar-refractivity contribution in [3.8, 4) is 5.75 Å². The zero-order chi connectivity index (χ0) is 21.3. The van der Waals surface area contributed by atoms with Gasteiger partial charge in [0.2, 0.25) is 5.91 Å². The van der Waals surface area contributed by atoms with Crippen LogP contribution >= 0.6 is 11.6 Å². The molecular weight excluding hydrogens is 394 g/mol. The van der Waals surface area contributed by atoms with Crippen molar-refractivity contribution >= 4 is 17.5 Å². The number of benzene rings is 1. The van der Waals surface area contributed by atoms with Crippen molar-refractivity contribution < 1.29 is 9.53 Å². The molecule has 1 saturated heterocycles. The van der Waals surface area contributed by atoms with Gasteiger partial charge in [-0.05, 0) is 97.3 Å². The Balaban J connectivity index is 1.39. The fourth-order valence-electron chi connectivity index (χ4n) is 8.25. The lowest BCUT2D eigenvalue weighted by atomic mass is 9.45. The van der Waals surface area contributed by atoms with E-state index in [1.165, 1.54) is 19.3 Å². The third kappa shape index (κ3) is 3.10. The molecule has 0 aromatic heterocycles. The number of carbonyl (C=O) groups excluding carboxylic acids is 1. The number of rotatable bonds is 2. The molecule has 4 fully saturated rings. The van der Waals surface area contributed by atoms with Crippen molar-refractivity contribution in [1.29, 1.82) is 0 Å². The van der Waals surface area contributed by atoms with Gasteiger partial charge in [-0.3, -0.25) is 4.79 Å². The van der Waals surface area contributed by atoms with Crippen molar-refractivity contribution in [1.82, 2.24) is 4.90 Å². The van der Waals surface area contributed by atoms with E-state index in [-0.39, 0.29) is 5.41 Å². The Morgan fingerprint density at radius 1 is 1.10 bits per heavy atom. The van der Waals surface area contributed by atoms with Crippen LogP contribution in [0.25, 0.3) is 0 Å². The van der Waals surface area contributed by atoms with Gasteiger partial charge in [0.15, 0.2) is 0 Å². The van der Waals surface area contributed by atoms with E-state index in [0.717, 1.165) is 54.2 Å². The minimum Gasteiger partial charge on any atom is -0.490 e. The molecule has 1 aromatic carbocycles. The lowest BCUT2D eigenvalue weighted by molar-refractivity contribution is -0.164. The summed E-state index contributed by atoms with van der Waals surface area (Å²) < 4.78 is 6.45. The van der Waals surface area contributed by atoms with Gasteiger partial charge in [-0.25, -0.2) is 0 Å². The Bertz CT molecular complexity index is 825. The normalized spacial score (nSPS) is 45.5. The molecule has 4 aliphatic rings. The Kier molecular flexibility index (Phi) is 4.93. The van der Waals surface area contributed by atoms with Crippen LogP contribution in [0.15, 0.2) is 24.3 Å². The molecule has 5 rings (SSSR count). The predicted molar refractivity (Wildman–Crippen MR) is 121 cm³/mol. The fraction of sp³-hybridized carbons (Fsp3) is 0.731. The predicted octanol–water partition coefficient (Wildman–Crippen LogP) is 6.20. The molecule has 3 saturated carbocycles. The first-order valence-corrected chi connectivity index (χ1v) is 12.3. The molecule has 0 spiro atoms. The SMILES string of the molecule is C[C@H]1C[C@H]2N(C)C(=O)CC[C@]2(C)[C@H]2CC[C@]3(C)C[C@@H](Oc4ccc(Cl)cc4)C[C@H]3C12. The zero-order valence-electron chi connectivity index (χ0n) is 18.9. The number of piperidine rings is 1. The maximum atomic E-state index is 12.4. The van der Waals surface area contributed by atoms with Crippen LogP contribution in [0.3, 0.4) is 0 Å². The molecule has 4 heteroatoms. The minimum atomic E-state index is 0.274. The number of likely N-dealkylation sites (tertiary alicyclic amines) is 1. The smallest absolute Gasteiger partial charge is 0.222 e. The zero-order valence-corrected chi connectivity index (χ0v) is 19.6. The van der Waals surface area contributed by atoms with Crippen molar-refractivity contribution in [2.45, 2.75) is 77.9 Å². The largest absolute Gasteiger partial charge is 0.490 e. The third-order valence-electron chi connectivity index (χ3n) is 9.78. The molecular formula is C26H36ClNO2. The highest BCUT2D eigenvalue weighted by atomic mass is 35.5. The molecule has 8 atom stereocenters. The Labute approximate surface area is 186 Å². The highest BCUT2D eigenvalue weighted by molar-refractivity contribution is 6.30. The first-order valence-electron chi connectivity index (χ1n) is 11.9. The van der Waals surface area contributed by atoms with E-state index in [9.17, 15) is 4.79 Å². The van der Waals surface area contributed by atoms with E-state index in [1.54, 1.807) is 0 Å². The van der Waals surface area contributed by atoms with Crippen molar-refractivity contribution in [2.75, 3.05) is 7.05 Å². The quantitative estimate of drug-likeness (QED) is 0.560. The van der Waals surface area contributed by atoms with Crippen LogP contribution < -0.4 is 4.74 Å². The Morgan fingerprint density at radius 3 is 2.57 bits per heavy atom. The number of carbonyl (C=O) groups is 1. The average molecular weight is 430 g/mol. The molecule has 1 aromatic rings. The van der Waals surface area contributed by atoms with Gasteiger partial charge in [0.1, 0.15) is 5.75 Å². The number of hydrogen-bond acceptors (Lipinski definition) is 2. The Hall–Kier alpha value is -1.22. The number of amides is 1. The molecule has 1 unspecified atom stereocenters. The fourth-order valence-corrected chi connectivity index (χ4v) is 8.38. The highest BCUT2D eigenvalue weighted by Gasteiger charge is 2.62. The van der Waals surface area contributed by atoms with Gasteiger partial charge in [-0.1, -0.05) is 32.4 Å². The van der Waals surface area contributed by atoms with E-state index >= 15 is 0 Å². The molecule has 3 nitrogen and oxygen atoms in total. The van der Waals surface area contributed by atoms with Gasteiger partial charge in [0, 0.05) is 24.5 Å². The average Bonchev–Trinajstić information content (AvgIpc) is 3.04. The molecule has 0 N–H and O–H groups in total. The number of nitrogens with zero attached hydrogens (tertiary/aromatic N) is 1. The highest BCUT2D eigenvalue weighted by Crippen LogP contribution is 2.66. The van der Waals surface area contributed by atoms with E-state index in [1.807, 2.05) is 24.3 Å². The van der Waals surface area contributed by atoms with Crippen molar-refractivity contribution in [2.24, 2.45) is 34.5 Å². The standard InChI is InChI=1S/C26H36ClNO2/c1-16-13-22-26(3,12-10-23(29)28(22)4)20-9-11-25(2)15-19(14-21(25)24(16)20)30-18-7-5-17(27)6-8-18/h5-8,16,19-22,24H,9-15H2,1-4H3/t16-,19-,20-,21-,22+,24?,25+,26+/m0/s1. The maximum absolute atomic E-state index is 12.4. The molecule has 1 amide bonds. The van der Waals surface area contributed by atoms with Crippen LogP contribution in [0.1, 0.15) is 65.7 Å². The summed E-state index contributed by atoms with van der Waals surface area (Å²) in [5, 5.41) is 0.756. The van der Waals surface area contributed by atoms with Gasteiger partial charge in [0.25, 0.3) is 0 Å². The molecule has 164 valence electrons. The van der Waals surface area contributed by atoms with Gasteiger partial charge in [-0.15, -0.1) is 0 Å². The summed E-state index contributed by atoms with van der Waals surface area (Å²) in [5.41, 5.74) is 0.655. The summed E-state index contributed by atoms with van der Waals surface area (Å²) in [6, 6.07) is 8.25. The summed E-state index contributed by atoms with van der Waals surface area (Å²) in [6.45, 7) is 7.49. The van der Waals surface area contributed by atoms with Gasteiger partial charge >= 0.3 is 0 Å². The number of ether oxygens (including phenoxy) is 1. The summed E-state index contributed by atoms with van der Waals surface area (Å²) in [4.78, 5) is 14.5. The molecule has 0 bridgehead atoms. The summed E-state index contributed by atoms with van der Waals surface area (Å²) in [7, 11) is 2.05. The minimum absolute atomic E-state index is 0.274. The topological polar surface area (TPSA) is 29.5 Å². The van der Waals surface area contributed by atoms with Crippen LogP contribution in [-0.4, -0.2) is 30.0 Å². The summed E-state index contributed by atoms with van der Waals surface area (Å²) in [6.07, 6.45) is 8.20. The first-order chi connectivity index (χ1) is 14.2. The Morgan fingerprint density at radius 2 is 1.83 bits per heavy atom. The molecule has 30 heavy (non-hydrogen) atoms. The van der Waals surface area contributed by atoms with Crippen LogP contribution in [-0.2, 0) is 4.79 Å². The molecule has 3 aliphatic carbocycles. The lowest BCUT2D eigenvalue weighted by Gasteiger charge is -2.63. The number of halogens is 1. The second-order valence-electron chi connectivity index (χ2n) is 11.4. The van der Waals surface area contributed by atoms with Crippen LogP contribution in [0, 0.1) is 34.5 Å². The van der Waals surface area contributed by atoms with E-state index in [2.05, 4.69) is 32.7 Å². The summed E-state index contributed by atoms with van der Waals surface area (Å²) in [5.74, 6) is 4.17. The van der Waals surface area contributed by atoms with Gasteiger partial charge in [-0.2, -0.15) is 0 Å². The van der Waals surface area contributed by atoms with Crippen LogP contribution in [0.5, 0.6) is 5.75 Å². The number of hydrogen-bond donors (Lipinski definition) is 0. The van der Waals surface area contributed by atoms with E-state index in [0.29, 0.717) is 29.4 Å². The monoisotopic (exact) mass is 429 g/mol. The maximum Gasteiger partial charge on any atom is 0.222 e. The molecule has 1 heterocycles. The summed E-state index contributed by atoms with van der Waals surface area (Å²) >= 11 is 6.05. The number of fused-ring (bicyclic) bond motifs is 5. The lowest BCUT2D eigenvalue weighted by Crippen LogP contribution is -2.62. The van der Waals surface area contributed by atoms with Gasteiger partial charge < -0.3 is 9.64 Å². The second kappa shape index (κ2) is 7.15. The third-order valence-corrected chi connectivity index (χ3v) is 10.0. The van der Waals surface area contributed by atoms with Crippen molar-refractivity contribution in [3.63, 3.8) is 0 Å². The van der Waals surface area contributed by atoms with E-state index < -0.39 is 0 Å².